The van der Waals surface area contributed by atoms with Crippen LogP contribution in [-0.2, 0) is 29.2 Å². The molecule has 1 aliphatic heterocycles. The Kier molecular flexibility index (Phi) is 14.2. The third kappa shape index (κ3) is 9.00. The number of phosphoric ester groups is 1. The number of nitrogens with zero attached hydrogens (tertiary/aromatic N) is 3. The standard InChI is InChI=1S/C18H21N3O13P2.3Na.3H/c1-9-2-3-10-11(19-33-12(10)6-9)7-21-14(22)4-5-20(18(21)25)17-16(24)15(23)13(32-17)8-31-36(29,30)34-35(26,27)28;;;;;;/h2-6,13,15-17,23-24H,7-8H2,1H3,(H,29,30)(H2,26,27,28);;;;;;/q;3*+1;3*-1/t13-,15?,16+,17-;;;;;;/m1....../s1. The second-order valence-electron chi connectivity index (χ2n) is 7.94. The van der Waals surface area contributed by atoms with E-state index < -0.39 is 58.0 Å². The average molecular weight is 621 g/mol. The van der Waals surface area contributed by atoms with Crippen LogP contribution >= 0.6 is 15.6 Å². The molecular weight excluding hydrogens is 597 g/mol. The fraction of sp³-hybridized carbons (Fsp3) is 0.389. The molecule has 2 aromatic heterocycles. The maximum Gasteiger partial charge on any atom is 1.00 e. The van der Waals surface area contributed by atoms with Gasteiger partial charge in [-0.15, -0.1) is 0 Å². The van der Waals surface area contributed by atoms with Crippen molar-refractivity contribution in [2.75, 3.05) is 6.61 Å². The number of phosphoric acid groups is 2. The molecule has 0 radical (unpaired) electrons. The van der Waals surface area contributed by atoms with Gasteiger partial charge in [0.2, 0.25) is 0 Å². The summed E-state index contributed by atoms with van der Waals surface area (Å²) in [6.45, 7) is 0.632. The molecule has 1 aromatic carbocycles. The van der Waals surface area contributed by atoms with Crippen molar-refractivity contribution in [3.63, 3.8) is 0 Å². The summed E-state index contributed by atoms with van der Waals surface area (Å²) in [6.07, 6.45) is -5.53. The van der Waals surface area contributed by atoms with Crippen molar-refractivity contribution in [3.8, 4) is 0 Å². The molecule has 3 aromatic rings. The van der Waals surface area contributed by atoms with Crippen molar-refractivity contribution in [1.29, 1.82) is 0 Å². The van der Waals surface area contributed by atoms with E-state index in [2.05, 4.69) is 14.0 Å². The Balaban J connectivity index is -0.00000253. The van der Waals surface area contributed by atoms with Crippen LogP contribution < -0.4 is 99.9 Å². The quantitative estimate of drug-likeness (QED) is 0.116. The van der Waals surface area contributed by atoms with E-state index in [4.69, 9.17) is 19.0 Å². The molecule has 0 amide bonds. The van der Waals surface area contributed by atoms with Gasteiger partial charge >= 0.3 is 110 Å². The van der Waals surface area contributed by atoms with Gasteiger partial charge in [-0.1, -0.05) is 11.2 Å². The van der Waals surface area contributed by atoms with Gasteiger partial charge in [0.05, 0.1) is 13.2 Å². The van der Waals surface area contributed by atoms with Crippen LogP contribution in [0.3, 0.4) is 0 Å². The summed E-state index contributed by atoms with van der Waals surface area (Å²) in [5.41, 5.74) is 0.0489. The first-order valence-electron chi connectivity index (χ1n) is 10.2. The number of rotatable bonds is 8. The predicted octanol–water partition coefficient (Wildman–Crippen LogP) is -9.30. The first-order chi connectivity index (χ1) is 16.8. The summed E-state index contributed by atoms with van der Waals surface area (Å²) < 4.78 is 42.7. The van der Waals surface area contributed by atoms with E-state index in [1.807, 2.05) is 6.92 Å². The van der Waals surface area contributed by atoms with Gasteiger partial charge in [-0.25, -0.2) is 13.9 Å². The smallest absolute Gasteiger partial charge is 1.00 e. The molecule has 3 heterocycles. The van der Waals surface area contributed by atoms with Gasteiger partial charge < -0.3 is 38.4 Å². The second-order valence-corrected chi connectivity index (χ2v) is 10.8. The molecule has 5 N–H and O–H groups in total. The third-order valence-electron chi connectivity index (χ3n) is 5.33. The van der Waals surface area contributed by atoms with Crippen molar-refractivity contribution < 1.29 is 145 Å². The summed E-state index contributed by atoms with van der Waals surface area (Å²) in [7, 11) is -10.6. The first kappa shape index (κ1) is 37.5. The van der Waals surface area contributed by atoms with Crippen LogP contribution in [0.5, 0.6) is 0 Å². The molecule has 0 spiro atoms. The number of fused-ring (bicyclic) bond motifs is 1. The molecular formula is C18H24N3Na3O13P2. The van der Waals surface area contributed by atoms with Gasteiger partial charge in [0.15, 0.2) is 11.8 Å². The monoisotopic (exact) mass is 621 g/mol. The van der Waals surface area contributed by atoms with Crippen LogP contribution in [-0.4, -0.2) is 64.1 Å². The van der Waals surface area contributed by atoms with Crippen LogP contribution in [0.25, 0.3) is 11.0 Å². The van der Waals surface area contributed by atoms with E-state index in [9.17, 15) is 33.8 Å². The fourth-order valence-electron chi connectivity index (χ4n) is 3.65. The van der Waals surface area contributed by atoms with Crippen LogP contribution in [0.15, 0.2) is 44.6 Å². The molecule has 0 aliphatic carbocycles. The molecule has 1 fully saturated rings. The minimum absolute atomic E-state index is 0. The normalized spacial score (nSPS) is 22.4. The number of aliphatic hydroxyl groups is 2. The van der Waals surface area contributed by atoms with Crippen LogP contribution in [0.1, 0.15) is 21.8 Å². The average Bonchev–Trinajstić information content (AvgIpc) is 3.28. The summed E-state index contributed by atoms with van der Waals surface area (Å²) in [4.78, 5) is 52.2. The number of hydrogen-bond donors (Lipinski definition) is 5. The molecule has 0 bridgehead atoms. The molecule has 16 nitrogen and oxygen atoms in total. The van der Waals surface area contributed by atoms with Crippen molar-refractivity contribution in [2.24, 2.45) is 0 Å². The molecule has 2 unspecified atom stereocenters. The number of aliphatic hydroxyl groups excluding tert-OH is 2. The fourth-order valence-corrected chi connectivity index (χ4v) is 5.25. The van der Waals surface area contributed by atoms with Gasteiger partial charge in [-0.05, 0) is 24.6 Å². The van der Waals surface area contributed by atoms with E-state index in [-0.39, 0.29) is 99.5 Å². The molecule has 4 rings (SSSR count). The van der Waals surface area contributed by atoms with Crippen molar-refractivity contribution in [1.82, 2.24) is 14.3 Å². The first-order valence-corrected chi connectivity index (χ1v) is 13.2. The Bertz CT molecular complexity index is 1520. The minimum Gasteiger partial charge on any atom is -1.00 e. The van der Waals surface area contributed by atoms with E-state index >= 15 is 0 Å². The molecule has 5 atom stereocenters. The molecule has 39 heavy (non-hydrogen) atoms. The second kappa shape index (κ2) is 14.8. The van der Waals surface area contributed by atoms with Crippen LogP contribution in [0, 0.1) is 6.92 Å². The number of hydrogen-bond acceptors (Lipinski definition) is 11. The Morgan fingerprint density at radius 3 is 2.38 bits per heavy atom. The Hall–Kier alpha value is 0.510. The zero-order chi connectivity index (χ0) is 26.4. The molecule has 0 saturated carbocycles. The minimum atomic E-state index is -5.38. The van der Waals surface area contributed by atoms with Gasteiger partial charge in [-0.3, -0.25) is 18.5 Å². The van der Waals surface area contributed by atoms with Gasteiger partial charge in [-0.2, -0.15) is 4.31 Å². The van der Waals surface area contributed by atoms with Crippen molar-refractivity contribution in [2.45, 2.75) is 38.0 Å². The summed E-state index contributed by atoms with van der Waals surface area (Å²) in [6, 6.07) is 6.29. The molecule has 21 heteroatoms. The number of aromatic nitrogens is 3. The number of aryl methyl sites for hydroxylation is 1. The predicted molar refractivity (Wildman–Crippen MR) is 121 cm³/mol. The van der Waals surface area contributed by atoms with E-state index in [0.29, 0.717) is 16.7 Å². The topological polar surface area (TPSA) is 233 Å². The van der Waals surface area contributed by atoms with Gasteiger partial charge in [0.1, 0.15) is 24.0 Å². The number of ether oxygens (including phenoxy) is 1. The zero-order valence-electron chi connectivity index (χ0n) is 24.3. The maximum atomic E-state index is 13.1. The van der Waals surface area contributed by atoms with Crippen molar-refractivity contribution >= 4 is 26.6 Å². The summed E-state index contributed by atoms with van der Waals surface area (Å²) >= 11 is 0. The van der Waals surface area contributed by atoms with Gasteiger partial charge in [0.25, 0.3) is 5.56 Å². The van der Waals surface area contributed by atoms with E-state index in [0.717, 1.165) is 27.0 Å². The zero-order valence-corrected chi connectivity index (χ0v) is 29.1. The van der Waals surface area contributed by atoms with Crippen molar-refractivity contribution in [3.05, 3.63) is 62.6 Å². The maximum absolute atomic E-state index is 13.1. The Morgan fingerprint density at radius 2 is 1.74 bits per heavy atom. The van der Waals surface area contributed by atoms with E-state index in [1.165, 1.54) is 0 Å². The van der Waals surface area contributed by atoms with Gasteiger partial charge in [0, 0.05) is 17.6 Å². The summed E-state index contributed by atoms with van der Waals surface area (Å²) in [5.74, 6) is 0. The third-order valence-corrected chi connectivity index (χ3v) is 7.48. The summed E-state index contributed by atoms with van der Waals surface area (Å²) in [5, 5.41) is 25.2. The van der Waals surface area contributed by atoms with E-state index in [1.54, 1.807) is 18.2 Å². The Morgan fingerprint density at radius 1 is 1.08 bits per heavy atom. The van der Waals surface area contributed by atoms with Crippen LogP contribution in [0.4, 0.5) is 0 Å². The number of benzene rings is 1. The Labute approximate surface area is 290 Å². The SMILES string of the molecule is Cc1ccc2c(Cn3c(=O)ccn([C@@H]4O[C@H](COP(=O)(O)OP(=O)(O)O)C(O)[C@@H]4O)c3=O)noc2c1.[H-].[H-].[H-].[Na+].[Na+].[Na+]. The molecule has 1 saturated heterocycles. The molecule has 202 valence electrons. The largest absolute Gasteiger partial charge is 1.00 e. The molecule has 1 aliphatic rings. The van der Waals surface area contributed by atoms with Crippen LogP contribution in [0.2, 0.25) is 0 Å².